The summed E-state index contributed by atoms with van der Waals surface area (Å²) in [6.07, 6.45) is 0.624. The van der Waals surface area contributed by atoms with E-state index in [1.165, 1.54) is 15.6 Å². The number of rotatable bonds is 3. The van der Waals surface area contributed by atoms with Crippen molar-refractivity contribution in [1.82, 2.24) is 19.8 Å². The van der Waals surface area contributed by atoms with Crippen molar-refractivity contribution in [1.29, 1.82) is 5.26 Å². The summed E-state index contributed by atoms with van der Waals surface area (Å²) < 4.78 is 21.6. The van der Waals surface area contributed by atoms with Crippen LogP contribution in [0.3, 0.4) is 0 Å². The first-order valence-corrected chi connectivity index (χ1v) is 14.0. The number of halogens is 1. The lowest BCUT2D eigenvalue weighted by Crippen LogP contribution is -2.51. The van der Waals surface area contributed by atoms with E-state index >= 15 is 0 Å². The number of ether oxygens (including phenoxy) is 1. The van der Waals surface area contributed by atoms with Gasteiger partial charge in [-0.15, -0.1) is 0 Å². The molecule has 10 nitrogen and oxygen atoms in total. The molecular weight excluding hydrogens is 525 g/mol. The summed E-state index contributed by atoms with van der Waals surface area (Å²) in [5.74, 6) is -0.440. The van der Waals surface area contributed by atoms with Crippen molar-refractivity contribution >= 4 is 23.0 Å². The number of β-amino-alcohol motifs (C(OH)–C–C–N with tert-alkyl or cyclic N) is 1. The van der Waals surface area contributed by atoms with Crippen molar-refractivity contribution in [3.8, 4) is 6.07 Å². The van der Waals surface area contributed by atoms with Gasteiger partial charge in [-0.3, -0.25) is 4.90 Å². The Hall–Kier alpha value is -3.88. The largest absolute Gasteiger partial charge is 0.444 e. The molecule has 1 amide bonds. The van der Waals surface area contributed by atoms with E-state index in [2.05, 4.69) is 56.3 Å². The summed E-state index contributed by atoms with van der Waals surface area (Å²) >= 11 is 0. The third-order valence-corrected chi connectivity index (χ3v) is 8.45. The average molecular weight is 562 g/mol. The van der Waals surface area contributed by atoms with Crippen LogP contribution in [0.1, 0.15) is 57.5 Å². The zero-order valence-corrected chi connectivity index (χ0v) is 24.1. The molecule has 3 aliphatic rings. The highest BCUT2D eigenvalue weighted by molar-refractivity contribution is 5.75. The number of aromatic nitrogens is 2. The predicted molar refractivity (Wildman–Crippen MR) is 152 cm³/mol. The van der Waals surface area contributed by atoms with Gasteiger partial charge in [-0.25, -0.2) is 13.7 Å². The number of benzene rings is 1. The van der Waals surface area contributed by atoms with Crippen LogP contribution in [0.15, 0.2) is 36.5 Å². The number of pyridine rings is 1. The van der Waals surface area contributed by atoms with Crippen LogP contribution >= 0.6 is 0 Å². The van der Waals surface area contributed by atoms with E-state index in [1.807, 2.05) is 26.8 Å². The molecule has 4 atom stereocenters. The molecule has 2 aromatic heterocycles. The van der Waals surface area contributed by atoms with Crippen LogP contribution in [-0.4, -0.2) is 75.2 Å². The third kappa shape index (κ3) is 4.85. The molecule has 0 unspecified atom stereocenters. The Morgan fingerprint density at radius 2 is 2.00 bits per heavy atom. The molecule has 11 heteroatoms. The number of carbonyl (C=O) groups excluding carboxylic acids is 1. The summed E-state index contributed by atoms with van der Waals surface area (Å²) in [7, 11) is 0. The molecule has 5 heterocycles. The first-order valence-electron chi connectivity index (χ1n) is 14.0. The normalized spacial score (nSPS) is 26.1. The van der Waals surface area contributed by atoms with Crippen LogP contribution in [0.5, 0.6) is 0 Å². The van der Waals surface area contributed by atoms with Crippen molar-refractivity contribution in [3.05, 3.63) is 59.2 Å². The Kier molecular flexibility index (Phi) is 6.39. The van der Waals surface area contributed by atoms with E-state index in [0.29, 0.717) is 30.8 Å². The Morgan fingerprint density at radius 3 is 2.73 bits per heavy atom. The molecule has 3 aromatic rings. The van der Waals surface area contributed by atoms with Crippen molar-refractivity contribution in [2.45, 2.75) is 70.5 Å². The topological polar surface area (TPSA) is 109 Å². The van der Waals surface area contributed by atoms with E-state index in [-0.39, 0.29) is 12.1 Å². The summed E-state index contributed by atoms with van der Waals surface area (Å²) in [6.45, 7) is 12.4. The smallest absolute Gasteiger partial charge is 0.408 e. The lowest BCUT2D eigenvalue weighted by molar-refractivity contribution is 0.0272. The minimum Gasteiger partial charge on any atom is -0.444 e. The highest BCUT2D eigenvalue weighted by Gasteiger charge is 2.44. The zero-order chi connectivity index (χ0) is 29.3. The molecule has 1 aromatic carbocycles. The molecule has 216 valence electrons. The van der Waals surface area contributed by atoms with Gasteiger partial charge in [0.15, 0.2) is 5.82 Å². The molecule has 2 N–H and O–H groups in total. The van der Waals surface area contributed by atoms with Gasteiger partial charge in [-0.05, 0) is 70.0 Å². The number of piperazine rings is 1. The maximum Gasteiger partial charge on any atom is 0.408 e. The van der Waals surface area contributed by atoms with Gasteiger partial charge >= 0.3 is 6.09 Å². The van der Waals surface area contributed by atoms with Gasteiger partial charge in [-0.2, -0.15) is 10.4 Å². The SMILES string of the molecule is C[C@@H]1CN(c2ccc(C#N)n3ncc(F)c23)C[C@@H]2c3ccc(N4C[C@H](NC(=O)OC(C)(C)C)[C@@](C)(O)C4)cc3CN12. The number of nitrogens with one attached hydrogen (secondary N) is 1. The number of nitrogens with zero attached hydrogens (tertiary/aromatic N) is 6. The van der Waals surface area contributed by atoms with Gasteiger partial charge in [0.2, 0.25) is 0 Å². The number of alkyl carbamates (subject to hydrolysis) is 1. The van der Waals surface area contributed by atoms with Gasteiger partial charge < -0.3 is 25.0 Å². The van der Waals surface area contributed by atoms with Crippen LogP contribution in [0, 0.1) is 17.1 Å². The molecular formula is C30H36FN7O3. The van der Waals surface area contributed by atoms with E-state index in [1.54, 1.807) is 13.0 Å². The zero-order valence-electron chi connectivity index (χ0n) is 24.1. The number of hydrogen-bond acceptors (Lipinski definition) is 8. The van der Waals surface area contributed by atoms with Crippen LogP contribution in [0.4, 0.5) is 20.6 Å². The third-order valence-electron chi connectivity index (χ3n) is 8.45. The van der Waals surface area contributed by atoms with E-state index in [0.717, 1.165) is 30.7 Å². The second-order valence-corrected chi connectivity index (χ2v) is 12.7. The Balaban J connectivity index is 1.22. The fourth-order valence-corrected chi connectivity index (χ4v) is 6.52. The first kappa shape index (κ1) is 27.3. The maximum atomic E-state index is 14.8. The number of amides is 1. The number of carbonyl (C=O) groups is 1. The summed E-state index contributed by atoms with van der Waals surface area (Å²) in [5, 5.41) is 27.5. The molecule has 0 aliphatic carbocycles. The number of fused-ring (bicyclic) bond motifs is 4. The Labute approximate surface area is 238 Å². The Morgan fingerprint density at radius 1 is 1.22 bits per heavy atom. The lowest BCUT2D eigenvalue weighted by Gasteiger charge is -2.43. The van der Waals surface area contributed by atoms with Crippen molar-refractivity contribution in [3.63, 3.8) is 0 Å². The molecule has 0 radical (unpaired) electrons. The second kappa shape index (κ2) is 9.60. The van der Waals surface area contributed by atoms with Crippen molar-refractivity contribution in [2.75, 3.05) is 36.0 Å². The van der Waals surface area contributed by atoms with Gasteiger partial charge in [-0.1, -0.05) is 6.07 Å². The summed E-state index contributed by atoms with van der Waals surface area (Å²) in [5.41, 5.74) is 3.08. The van der Waals surface area contributed by atoms with Crippen molar-refractivity contribution in [2.24, 2.45) is 0 Å². The molecule has 6 rings (SSSR count). The molecule has 41 heavy (non-hydrogen) atoms. The lowest BCUT2D eigenvalue weighted by atomic mass is 10.0. The molecule has 0 spiro atoms. The molecule has 2 saturated heterocycles. The van der Waals surface area contributed by atoms with Gasteiger partial charge in [0.1, 0.15) is 28.5 Å². The monoisotopic (exact) mass is 561 g/mol. The van der Waals surface area contributed by atoms with Crippen LogP contribution in [-0.2, 0) is 11.3 Å². The van der Waals surface area contributed by atoms with E-state index in [9.17, 15) is 19.6 Å². The molecule has 0 bridgehead atoms. The minimum absolute atomic E-state index is 0.132. The summed E-state index contributed by atoms with van der Waals surface area (Å²) in [4.78, 5) is 19.2. The first-order chi connectivity index (χ1) is 19.3. The highest BCUT2D eigenvalue weighted by atomic mass is 19.1. The fraction of sp³-hybridized carbons (Fsp3) is 0.500. The molecule has 3 aliphatic heterocycles. The highest BCUT2D eigenvalue weighted by Crippen LogP contribution is 2.42. The average Bonchev–Trinajstić information content (AvgIpc) is 3.55. The molecule has 0 saturated carbocycles. The quantitative estimate of drug-likeness (QED) is 0.500. The van der Waals surface area contributed by atoms with Gasteiger partial charge in [0.25, 0.3) is 0 Å². The number of anilines is 2. The van der Waals surface area contributed by atoms with Crippen LogP contribution in [0.25, 0.3) is 5.52 Å². The number of hydrogen-bond donors (Lipinski definition) is 2. The van der Waals surface area contributed by atoms with Crippen molar-refractivity contribution < 1.29 is 19.0 Å². The minimum atomic E-state index is -1.11. The van der Waals surface area contributed by atoms with Gasteiger partial charge in [0, 0.05) is 44.5 Å². The second-order valence-electron chi connectivity index (χ2n) is 12.7. The molecule has 2 fully saturated rings. The van der Waals surface area contributed by atoms with E-state index in [4.69, 9.17) is 4.74 Å². The number of aliphatic hydroxyl groups is 1. The number of nitriles is 1. The van der Waals surface area contributed by atoms with Crippen LogP contribution in [0.2, 0.25) is 0 Å². The van der Waals surface area contributed by atoms with E-state index < -0.39 is 29.2 Å². The standard InChI is InChI=1S/C30H36FN7O3/c1-18-13-35(24-9-7-21(11-32)38-27(24)23(31)12-33-38)15-25-22-8-6-20(10-19(22)14-37(18)25)36-16-26(30(5,40)17-36)34-28(39)41-29(2,3)4/h6-10,12,18,25-26,40H,13-17H2,1-5H3,(H,34,39)/t18-,25-,26+,30+/m1/s1. The van der Waals surface area contributed by atoms with Crippen LogP contribution < -0.4 is 15.1 Å². The van der Waals surface area contributed by atoms with Gasteiger partial charge in [0.05, 0.1) is 24.0 Å². The fourth-order valence-electron chi connectivity index (χ4n) is 6.52. The predicted octanol–water partition coefficient (Wildman–Crippen LogP) is 3.57. The summed E-state index contributed by atoms with van der Waals surface area (Å²) in [6, 6.07) is 11.9. The maximum absolute atomic E-state index is 14.8. The Bertz CT molecular complexity index is 1560.